The third kappa shape index (κ3) is 3.27. The highest BCUT2D eigenvalue weighted by Crippen LogP contribution is 2.27. The van der Waals surface area contributed by atoms with Crippen LogP contribution >= 0.6 is 11.3 Å². The summed E-state index contributed by atoms with van der Waals surface area (Å²) in [5.41, 5.74) is 0. The van der Waals surface area contributed by atoms with Crippen LogP contribution in [-0.4, -0.2) is 18.1 Å². The number of rotatable bonds is 7. The Morgan fingerprint density at radius 2 is 2.44 bits per heavy atom. The average molecular weight is 240 g/mol. The van der Waals surface area contributed by atoms with Crippen molar-refractivity contribution in [1.29, 1.82) is 0 Å². The highest BCUT2D eigenvalue weighted by molar-refractivity contribution is 7.11. The van der Waals surface area contributed by atoms with Crippen molar-refractivity contribution in [2.75, 3.05) is 7.11 Å². The van der Waals surface area contributed by atoms with Crippen molar-refractivity contribution in [1.82, 2.24) is 10.3 Å². The van der Waals surface area contributed by atoms with Gasteiger partial charge in [0.25, 0.3) is 0 Å². The maximum Gasteiger partial charge on any atom is 0.122 e. The lowest BCUT2D eigenvalue weighted by Crippen LogP contribution is -2.14. The molecule has 3 nitrogen and oxygen atoms in total. The lowest BCUT2D eigenvalue weighted by Gasteiger charge is -2.10. The van der Waals surface area contributed by atoms with Crippen molar-refractivity contribution in [2.45, 2.75) is 51.3 Å². The monoisotopic (exact) mass is 240 g/mol. The van der Waals surface area contributed by atoms with E-state index in [9.17, 15) is 0 Å². The number of thiazole rings is 1. The standard InChI is InChI=1S/C12H20N2OS/c1-3-4-11(15-2)12-14-8-10(16-12)7-13-9-5-6-9/h8-9,11,13H,3-7H2,1-2H3. The van der Waals surface area contributed by atoms with Crippen LogP contribution in [0.3, 0.4) is 0 Å². The van der Waals surface area contributed by atoms with E-state index in [1.54, 1.807) is 18.4 Å². The molecule has 0 spiro atoms. The number of ether oxygens (including phenoxy) is 1. The van der Waals surface area contributed by atoms with Crippen LogP contribution in [0.15, 0.2) is 6.20 Å². The van der Waals surface area contributed by atoms with Crippen LogP contribution in [-0.2, 0) is 11.3 Å². The molecule has 1 unspecified atom stereocenters. The second-order valence-electron chi connectivity index (χ2n) is 4.33. The summed E-state index contributed by atoms with van der Waals surface area (Å²) >= 11 is 1.78. The fourth-order valence-corrected chi connectivity index (χ4v) is 2.67. The van der Waals surface area contributed by atoms with Gasteiger partial charge in [0.1, 0.15) is 11.1 Å². The molecule has 1 atom stereocenters. The van der Waals surface area contributed by atoms with Gasteiger partial charge in [0.15, 0.2) is 0 Å². The van der Waals surface area contributed by atoms with E-state index >= 15 is 0 Å². The van der Waals surface area contributed by atoms with E-state index in [4.69, 9.17) is 4.74 Å². The van der Waals surface area contributed by atoms with Gasteiger partial charge >= 0.3 is 0 Å². The quantitative estimate of drug-likeness (QED) is 0.795. The Bertz CT molecular complexity index is 323. The van der Waals surface area contributed by atoms with Crippen LogP contribution in [0.25, 0.3) is 0 Å². The minimum atomic E-state index is 0.185. The Kier molecular flexibility index (Phi) is 4.32. The molecule has 1 aliphatic rings. The summed E-state index contributed by atoms with van der Waals surface area (Å²) in [5.74, 6) is 0. The Labute approximate surface area is 101 Å². The molecule has 1 fully saturated rings. The summed E-state index contributed by atoms with van der Waals surface area (Å²) in [7, 11) is 1.77. The first-order chi connectivity index (χ1) is 7.83. The molecule has 0 amide bonds. The highest BCUT2D eigenvalue weighted by Gasteiger charge is 2.21. The molecular formula is C12H20N2OS. The number of nitrogens with one attached hydrogen (secondary N) is 1. The number of nitrogens with zero attached hydrogens (tertiary/aromatic N) is 1. The van der Waals surface area contributed by atoms with Gasteiger partial charge in [-0.05, 0) is 19.3 Å². The van der Waals surface area contributed by atoms with Gasteiger partial charge in [0, 0.05) is 30.8 Å². The first kappa shape index (κ1) is 12.0. The first-order valence-corrected chi connectivity index (χ1v) is 6.86. The molecule has 90 valence electrons. The number of aromatic nitrogens is 1. The van der Waals surface area contributed by atoms with Crippen molar-refractivity contribution in [3.8, 4) is 0 Å². The summed E-state index contributed by atoms with van der Waals surface area (Å²) in [6.07, 6.45) is 7.03. The summed E-state index contributed by atoms with van der Waals surface area (Å²) in [6, 6.07) is 0.763. The van der Waals surface area contributed by atoms with Crippen LogP contribution in [0.1, 0.15) is 48.6 Å². The van der Waals surface area contributed by atoms with Crippen molar-refractivity contribution in [3.05, 3.63) is 16.1 Å². The molecule has 0 saturated heterocycles. The van der Waals surface area contributed by atoms with Crippen LogP contribution in [0, 0.1) is 0 Å². The minimum Gasteiger partial charge on any atom is -0.374 e. The van der Waals surface area contributed by atoms with Gasteiger partial charge in [-0.3, -0.25) is 0 Å². The van der Waals surface area contributed by atoms with Crippen LogP contribution in [0.2, 0.25) is 0 Å². The zero-order valence-electron chi connectivity index (χ0n) is 10.0. The van der Waals surface area contributed by atoms with E-state index in [-0.39, 0.29) is 6.10 Å². The molecule has 4 heteroatoms. The van der Waals surface area contributed by atoms with Crippen LogP contribution in [0.5, 0.6) is 0 Å². The molecule has 1 heterocycles. The van der Waals surface area contributed by atoms with E-state index in [0.717, 1.165) is 30.4 Å². The summed E-state index contributed by atoms with van der Waals surface area (Å²) in [6.45, 7) is 3.14. The highest BCUT2D eigenvalue weighted by atomic mass is 32.1. The molecule has 0 bridgehead atoms. The lowest BCUT2D eigenvalue weighted by atomic mass is 10.2. The summed E-state index contributed by atoms with van der Waals surface area (Å²) in [4.78, 5) is 5.78. The molecule has 1 N–H and O–H groups in total. The molecule has 1 aromatic rings. The summed E-state index contributed by atoms with van der Waals surface area (Å²) < 4.78 is 5.46. The third-order valence-corrected chi connectivity index (χ3v) is 3.91. The smallest absolute Gasteiger partial charge is 0.122 e. The molecule has 1 aliphatic carbocycles. The van der Waals surface area contributed by atoms with E-state index in [0.29, 0.717) is 0 Å². The Hall–Kier alpha value is -0.450. The molecule has 1 saturated carbocycles. The maximum absolute atomic E-state index is 5.46. The Morgan fingerprint density at radius 3 is 3.06 bits per heavy atom. The van der Waals surface area contributed by atoms with Crippen molar-refractivity contribution < 1.29 is 4.74 Å². The first-order valence-electron chi connectivity index (χ1n) is 6.04. The maximum atomic E-state index is 5.46. The fourth-order valence-electron chi connectivity index (χ4n) is 1.69. The SMILES string of the molecule is CCCC(OC)c1ncc(CNC2CC2)s1. The molecule has 2 rings (SSSR count). The van der Waals surface area contributed by atoms with Gasteiger partial charge in [-0.2, -0.15) is 0 Å². The average Bonchev–Trinajstić information content (AvgIpc) is 3.02. The Morgan fingerprint density at radius 1 is 1.62 bits per heavy atom. The van der Waals surface area contributed by atoms with Crippen molar-refractivity contribution in [3.63, 3.8) is 0 Å². The van der Waals surface area contributed by atoms with E-state index in [2.05, 4.69) is 17.2 Å². The Balaban J connectivity index is 1.88. The van der Waals surface area contributed by atoms with Gasteiger partial charge in [-0.1, -0.05) is 13.3 Å². The second kappa shape index (κ2) is 5.75. The molecule has 1 aromatic heterocycles. The molecule has 16 heavy (non-hydrogen) atoms. The van der Waals surface area contributed by atoms with Gasteiger partial charge in [-0.15, -0.1) is 11.3 Å². The molecule has 0 aromatic carbocycles. The molecule has 0 aliphatic heterocycles. The second-order valence-corrected chi connectivity index (χ2v) is 5.48. The van der Waals surface area contributed by atoms with E-state index in [1.165, 1.54) is 17.7 Å². The van der Waals surface area contributed by atoms with E-state index in [1.807, 2.05) is 6.20 Å². The largest absolute Gasteiger partial charge is 0.374 e. The molecule has 0 radical (unpaired) electrons. The van der Waals surface area contributed by atoms with Crippen LogP contribution in [0.4, 0.5) is 0 Å². The van der Waals surface area contributed by atoms with Gasteiger partial charge in [0.2, 0.25) is 0 Å². The summed E-state index contributed by atoms with van der Waals surface area (Å²) in [5, 5.41) is 4.63. The minimum absolute atomic E-state index is 0.185. The van der Waals surface area contributed by atoms with E-state index < -0.39 is 0 Å². The van der Waals surface area contributed by atoms with Gasteiger partial charge in [-0.25, -0.2) is 4.98 Å². The topological polar surface area (TPSA) is 34.1 Å². The van der Waals surface area contributed by atoms with Gasteiger partial charge < -0.3 is 10.1 Å². The fraction of sp³-hybridized carbons (Fsp3) is 0.750. The predicted molar refractivity (Wildman–Crippen MR) is 66.6 cm³/mol. The van der Waals surface area contributed by atoms with Gasteiger partial charge in [0.05, 0.1) is 0 Å². The van der Waals surface area contributed by atoms with Crippen molar-refractivity contribution in [2.24, 2.45) is 0 Å². The number of hydrogen-bond donors (Lipinski definition) is 1. The zero-order valence-corrected chi connectivity index (χ0v) is 10.8. The normalized spacial score (nSPS) is 17.6. The van der Waals surface area contributed by atoms with Crippen molar-refractivity contribution >= 4 is 11.3 Å². The lowest BCUT2D eigenvalue weighted by molar-refractivity contribution is 0.0947. The number of methoxy groups -OCH3 is 1. The predicted octanol–water partition coefficient (Wildman–Crippen LogP) is 2.88. The number of hydrogen-bond acceptors (Lipinski definition) is 4. The third-order valence-electron chi connectivity index (χ3n) is 2.82. The van der Waals surface area contributed by atoms with Crippen LogP contribution < -0.4 is 5.32 Å². The molecular weight excluding hydrogens is 220 g/mol. The zero-order chi connectivity index (χ0) is 11.4.